The summed E-state index contributed by atoms with van der Waals surface area (Å²) in [6, 6.07) is 19.3. The number of alkyl halides is 3. The van der Waals surface area contributed by atoms with Gasteiger partial charge in [0, 0.05) is 73.1 Å². The highest BCUT2D eigenvalue weighted by Gasteiger charge is 2.66. The predicted octanol–water partition coefficient (Wildman–Crippen LogP) is 9.13. The molecule has 0 radical (unpaired) electrons. The average molecular weight is 954 g/mol. The van der Waals surface area contributed by atoms with Crippen molar-refractivity contribution >= 4 is 42.9 Å². The fraction of sp³-hybridized carbons (Fsp3) is 0.580. The van der Waals surface area contributed by atoms with E-state index in [-0.39, 0.29) is 28.9 Å². The van der Waals surface area contributed by atoms with Crippen LogP contribution in [0.3, 0.4) is 0 Å². The van der Waals surface area contributed by atoms with E-state index < -0.39 is 46.5 Å². The minimum Gasteiger partial charge on any atom is -0.380 e. The second-order valence-electron chi connectivity index (χ2n) is 21.4. The first kappa shape index (κ1) is 46.9. The number of carbonyl (C=O) groups excluding carboxylic acids is 1. The van der Waals surface area contributed by atoms with Crippen molar-refractivity contribution in [2.75, 3.05) is 82.0 Å². The van der Waals surface area contributed by atoms with Gasteiger partial charge in [0.25, 0.3) is 9.84 Å². The summed E-state index contributed by atoms with van der Waals surface area (Å²) in [7, 11) is -10.5. The molecule has 6 fully saturated rings. The van der Waals surface area contributed by atoms with E-state index in [2.05, 4.69) is 35.5 Å². The molecule has 3 aliphatic heterocycles. The van der Waals surface area contributed by atoms with Crippen molar-refractivity contribution in [3.8, 4) is 0 Å². The minimum atomic E-state index is -5.95. The van der Waals surface area contributed by atoms with Gasteiger partial charge in [-0.1, -0.05) is 56.2 Å². The fourth-order valence-corrected chi connectivity index (χ4v) is 15.4. The zero-order valence-corrected chi connectivity index (χ0v) is 40.2. The number of ether oxygens (including phenoxy) is 1. The molecule has 0 amide bonds. The van der Waals surface area contributed by atoms with Crippen molar-refractivity contribution in [3.63, 3.8) is 0 Å². The predicted molar refractivity (Wildman–Crippen MR) is 249 cm³/mol. The Hall–Kier alpha value is -3.21. The monoisotopic (exact) mass is 953 g/mol. The van der Waals surface area contributed by atoms with Gasteiger partial charge in [0.15, 0.2) is 15.6 Å². The lowest BCUT2D eigenvalue weighted by Gasteiger charge is -2.72. The summed E-state index contributed by atoms with van der Waals surface area (Å²) in [6.45, 7) is 15.6. The Morgan fingerprint density at radius 1 is 0.862 bits per heavy atom. The van der Waals surface area contributed by atoms with Crippen LogP contribution in [0.4, 0.5) is 18.9 Å². The van der Waals surface area contributed by atoms with E-state index in [0.717, 1.165) is 82.1 Å². The van der Waals surface area contributed by atoms with Gasteiger partial charge in [0.2, 0.25) is 0 Å². The Labute approximate surface area is 387 Å². The lowest BCUT2D eigenvalue weighted by molar-refractivity contribution is -0.189. The quantitative estimate of drug-likeness (QED) is 0.0740. The summed E-state index contributed by atoms with van der Waals surface area (Å²) in [5.41, 5.74) is 0.281. The Kier molecular flexibility index (Phi) is 12.5. The van der Waals surface area contributed by atoms with Crippen LogP contribution in [0.5, 0.6) is 0 Å². The third-order valence-electron chi connectivity index (χ3n) is 15.3. The summed E-state index contributed by atoms with van der Waals surface area (Å²) in [6.07, 6.45) is 8.30. The van der Waals surface area contributed by atoms with Gasteiger partial charge in [-0.15, -0.1) is 11.8 Å². The molecule has 7 aliphatic rings. The number of ketones is 1. The molecule has 9 nitrogen and oxygen atoms in total. The number of carbonyl (C=O) groups is 1. The van der Waals surface area contributed by atoms with Crippen molar-refractivity contribution in [1.82, 2.24) is 9.80 Å². The van der Waals surface area contributed by atoms with Crippen molar-refractivity contribution in [1.29, 1.82) is 0 Å². The number of hydrogen-bond donors (Lipinski definition) is 0. The lowest BCUT2D eigenvalue weighted by atomic mass is 9.33. The normalized spacial score (nSPS) is 25.9. The molecule has 1 atom stereocenters. The van der Waals surface area contributed by atoms with Crippen LogP contribution in [0.15, 0.2) is 98.6 Å². The molecule has 352 valence electrons. The number of piperazine rings is 1. The third kappa shape index (κ3) is 9.75. The standard InChI is InChI=1S/C50H62F3N3O6S3/c1-46(2)17-15-43(49-29-47(3,30-49)31-49)39(25-46)26-54-19-21-56(22-20-54)40-12-9-37(10-13-40)44(57)28-64(58,59)42-14-11-38(45(24-42)65(60,61)50(51,52)53)23-36(27-63-41-7-5-4-6-8-41)16-18-55-32-48(33-55)34-62-35-48/h4-14,24,36H,15-23,25-35H2,1-3H3/t36-,47?,49?/m0/s1. The highest BCUT2D eigenvalue weighted by atomic mass is 32.2. The van der Waals surface area contributed by atoms with Gasteiger partial charge < -0.3 is 14.5 Å². The number of thioether (sulfide) groups is 1. The highest BCUT2D eigenvalue weighted by molar-refractivity contribution is 7.99. The Balaban J connectivity index is 0.850. The number of anilines is 1. The van der Waals surface area contributed by atoms with Crippen molar-refractivity contribution < 1.29 is 39.5 Å². The Bertz CT molecular complexity index is 2510. The first-order valence-corrected chi connectivity index (χ1v) is 27.2. The number of sulfone groups is 2. The molecule has 0 N–H and O–H groups in total. The van der Waals surface area contributed by atoms with Gasteiger partial charge in [-0.2, -0.15) is 13.2 Å². The minimum absolute atomic E-state index is 0.00914. The van der Waals surface area contributed by atoms with Crippen LogP contribution in [-0.4, -0.2) is 115 Å². The van der Waals surface area contributed by atoms with E-state index in [1.54, 1.807) is 47.2 Å². The zero-order valence-electron chi connectivity index (χ0n) is 37.8. The van der Waals surface area contributed by atoms with E-state index >= 15 is 0 Å². The van der Waals surface area contributed by atoms with Crippen LogP contribution in [0.2, 0.25) is 0 Å². The van der Waals surface area contributed by atoms with Gasteiger partial charge in [-0.05, 0) is 134 Å². The average Bonchev–Trinajstić information content (AvgIpc) is 3.20. The maximum absolute atomic E-state index is 14.3. The molecule has 3 saturated heterocycles. The maximum atomic E-state index is 14.3. The van der Waals surface area contributed by atoms with E-state index in [9.17, 15) is 34.8 Å². The number of allylic oxidation sites excluding steroid dienone is 1. The lowest BCUT2D eigenvalue weighted by Crippen LogP contribution is -2.65. The number of benzene rings is 3. The molecule has 15 heteroatoms. The van der Waals surface area contributed by atoms with Crippen molar-refractivity contribution in [2.24, 2.45) is 27.6 Å². The summed E-state index contributed by atoms with van der Waals surface area (Å²) in [4.78, 5) is 19.8. The van der Waals surface area contributed by atoms with Crippen LogP contribution in [0.25, 0.3) is 0 Å². The molecular weight excluding hydrogens is 892 g/mol. The molecule has 3 aromatic rings. The van der Waals surface area contributed by atoms with Crippen LogP contribution in [0, 0.1) is 27.6 Å². The SMILES string of the molecule is CC1(C)CCC(C23CC(C)(C2)C3)=C(CN2CCN(c3ccc(C(=O)CS(=O)(=O)c4ccc(C[C@H](CCN5CC6(COC6)C5)CSc5ccccc5)c(S(=O)(=O)C(F)(F)F)c4)cc3)CC2)C1. The molecule has 0 aromatic heterocycles. The molecule has 2 bridgehead atoms. The van der Waals surface area contributed by atoms with Crippen LogP contribution < -0.4 is 4.90 Å². The topological polar surface area (TPSA) is 104 Å². The number of hydrogen-bond acceptors (Lipinski definition) is 10. The van der Waals surface area contributed by atoms with Gasteiger partial charge in [-0.25, -0.2) is 16.8 Å². The summed E-state index contributed by atoms with van der Waals surface area (Å²) in [5.74, 6) is -1.47. The summed E-state index contributed by atoms with van der Waals surface area (Å²) < 4.78 is 102. The molecule has 65 heavy (non-hydrogen) atoms. The number of rotatable bonds is 17. The van der Waals surface area contributed by atoms with E-state index in [0.29, 0.717) is 41.0 Å². The molecule has 3 aromatic carbocycles. The van der Waals surface area contributed by atoms with E-state index in [1.807, 2.05) is 30.3 Å². The molecule has 3 heterocycles. The molecular formula is C50H62F3N3O6S3. The second-order valence-corrected chi connectivity index (χ2v) is 26.4. The number of likely N-dealkylation sites (tertiary alicyclic amines) is 1. The highest BCUT2D eigenvalue weighted by Crippen LogP contribution is 2.77. The third-order valence-corrected chi connectivity index (χ3v) is 19.7. The van der Waals surface area contributed by atoms with E-state index in [4.69, 9.17) is 4.74 Å². The molecule has 0 unspecified atom stereocenters. The smallest absolute Gasteiger partial charge is 0.380 e. The Morgan fingerprint density at radius 2 is 1.54 bits per heavy atom. The molecule has 10 rings (SSSR count). The van der Waals surface area contributed by atoms with Crippen molar-refractivity contribution in [2.45, 2.75) is 92.3 Å². The van der Waals surface area contributed by atoms with Crippen LogP contribution in [0.1, 0.15) is 81.6 Å². The van der Waals surface area contributed by atoms with Gasteiger partial charge in [0.1, 0.15) is 5.75 Å². The molecule has 4 aliphatic carbocycles. The van der Waals surface area contributed by atoms with Gasteiger partial charge in [0.05, 0.1) is 23.0 Å². The first-order valence-electron chi connectivity index (χ1n) is 23.1. The van der Waals surface area contributed by atoms with Crippen molar-refractivity contribution in [3.05, 3.63) is 95.1 Å². The Morgan fingerprint density at radius 3 is 2.15 bits per heavy atom. The van der Waals surface area contributed by atoms with Gasteiger partial charge >= 0.3 is 5.51 Å². The molecule has 1 spiro atoms. The zero-order chi connectivity index (χ0) is 46.0. The summed E-state index contributed by atoms with van der Waals surface area (Å²) >= 11 is 1.54. The van der Waals surface area contributed by atoms with E-state index in [1.165, 1.54) is 38.2 Å². The second kappa shape index (κ2) is 17.4. The van der Waals surface area contributed by atoms with Gasteiger partial charge in [-0.3, -0.25) is 9.69 Å². The summed E-state index contributed by atoms with van der Waals surface area (Å²) in [5, 5.41) is 0. The molecule has 3 saturated carbocycles. The van der Waals surface area contributed by atoms with Crippen LogP contribution >= 0.6 is 11.8 Å². The largest absolute Gasteiger partial charge is 0.501 e. The number of halogens is 3. The number of Topliss-reactive ketones (excluding diaryl/α,β-unsaturated/α-hetero) is 1. The fourth-order valence-electron chi connectivity index (χ4n) is 12.0. The maximum Gasteiger partial charge on any atom is 0.501 e. The number of nitrogens with zero attached hydrogens (tertiary/aromatic N) is 3. The van der Waals surface area contributed by atoms with Crippen LogP contribution in [-0.2, 0) is 30.8 Å². The first-order chi connectivity index (χ1) is 30.6.